The number of aromatic nitrogens is 2. The van der Waals surface area contributed by atoms with Crippen molar-refractivity contribution in [3.63, 3.8) is 0 Å². The largest absolute Gasteiger partial charge is 0.294 e. The first-order valence-corrected chi connectivity index (χ1v) is 6.70. The topological polar surface area (TPSA) is 17.8 Å². The van der Waals surface area contributed by atoms with Gasteiger partial charge in [0.25, 0.3) is 0 Å². The van der Waals surface area contributed by atoms with Crippen LogP contribution in [0.3, 0.4) is 0 Å². The first-order chi connectivity index (χ1) is 9.61. The summed E-state index contributed by atoms with van der Waals surface area (Å²) < 4.78 is 28.6. The van der Waals surface area contributed by atoms with Gasteiger partial charge in [-0.25, -0.2) is 13.8 Å². The Morgan fingerprint density at radius 2 is 1.95 bits per heavy atom. The Morgan fingerprint density at radius 3 is 2.65 bits per heavy atom. The number of imidazole rings is 1. The van der Waals surface area contributed by atoms with Crippen molar-refractivity contribution < 1.29 is 8.78 Å². The number of alkyl halides is 1. The molecule has 2 nitrogen and oxygen atoms in total. The molecule has 0 aliphatic heterocycles. The third-order valence-corrected chi connectivity index (χ3v) is 3.52. The van der Waals surface area contributed by atoms with Gasteiger partial charge in [-0.1, -0.05) is 17.7 Å². The molecule has 0 fully saturated rings. The van der Waals surface area contributed by atoms with Gasteiger partial charge in [0, 0.05) is 0 Å². The van der Waals surface area contributed by atoms with Crippen LogP contribution < -0.4 is 0 Å². The van der Waals surface area contributed by atoms with E-state index < -0.39 is 11.6 Å². The summed E-state index contributed by atoms with van der Waals surface area (Å²) in [7, 11) is 0. The average Bonchev–Trinajstić information content (AvgIpc) is 2.79. The summed E-state index contributed by atoms with van der Waals surface area (Å²) in [6.45, 7) is 0. The number of para-hydroxylation sites is 1. The van der Waals surface area contributed by atoms with Crippen molar-refractivity contribution in [2.75, 3.05) is 0 Å². The normalized spacial score (nSPS) is 11.2. The highest BCUT2D eigenvalue weighted by molar-refractivity contribution is 6.32. The van der Waals surface area contributed by atoms with Gasteiger partial charge in [0.2, 0.25) is 0 Å². The number of hydrogen-bond acceptors (Lipinski definition) is 1. The molecule has 20 heavy (non-hydrogen) atoms. The van der Waals surface area contributed by atoms with Crippen LogP contribution in [-0.4, -0.2) is 9.55 Å². The van der Waals surface area contributed by atoms with E-state index in [1.54, 1.807) is 16.7 Å². The maximum atomic E-state index is 13.8. The third-order valence-electron chi connectivity index (χ3n) is 2.98. The van der Waals surface area contributed by atoms with Gasteiger partial charge < -0.3 is 0 Å². The Labute approximate surface area is 123 Å². The lowest BCUT2D eigenvalue weighted by Crippen LogP contribution is -2.00. The second-order valence-corrected chi connectivity index (χ2v) is 4.87. The zero-order chi connectivity index (χ0) is 14.3. The van der Waals surface area contributed by atoms with Gasteiger partial charge in [-0.2, -0.15) is 0 Å². The second kappa shape index (κ2) is 5.04. The summed E-state index contributed by atoms with van der Waals surface area (Å²) in [4.78, 5) is 4.17. The molecule has 0 radical (unpaired) electrons. The zero-order valence-corrected chi connectivity index (χ0v) is 11.6. The number of benzene rings is 2. The Kier molecular flexibility index (Phi) is 3.36. The third kappa shape index (κ3) is 2.05. The van der Waals surface area contributed by atoms with Gasteiger partial charge in [0.15, 0.2) is 5.82 Å². The van der Waals surface area contributed by atoms with E-state index in [4.69, 9.17) is 23.2 Å². The molecule has 102 valence electrons. The highest BCUT2D eigenvalue weighted by atomic mass is 35.5. The molecule has 3 aromatic rings. The number of hydrogen-bond donors (Lipinski definition) is 0. The minimum atomic E-state index is -0.443. The molecule has 0 spiro atoms. The van der Waals surface area contributed by atoms with E-state index in [9.17, 15) is 8.78 Å². The van der Waals surface area contributed by atoms with Crippen molar-refractivity contribution in [3.05, 3.63) is 58.9 Å². The molecule has 1 aromatic heterocycles. The molecule has 0 saturated heterocycles. The van der Waals surface area contributed by atoms with Crippen molar-refractivity contribution in [2.24, 2.45) is 0 Å². The Morgan fingerprint density at radius 1 is 1.15 bits per heavy atom. The number of nitrogens with zero attached hydrogens (tertiary/aromatic N) is 2. The molecule has 0 amide bonds. The molecule has 0 atom stereocenters. The van der Waals surface area contributed by atoms with Crippen LogP contribution in [0.25, 0.3) is 16.7 Å². The molecular weight excluding hydrogens is 305 g/mol. The Hall–Kier alpha value is -1.65. The van der Waals surface area contributed by atoms with Crippen LogP contribution in [0.2, 0.25) is 5.02 Å². The summed E-state index contributed by atoms with van der Waals surface area (Å²) in [5.41, 5.74) is 1.26. The van der Waals surface area contributed by atoms with Crippen LogP contribution in [-0.2, 0) is 5.88 Å². The lowest BCUT2D eigenvalue weighted by atomic mass is 10.2. The van der Waals surface area contributed by atoms with Gasteiger partial charge in [0.1, 0.15) is 17.2 Å². The van der Waals surface area contributed by atoms with Crippen molar-refractivity contribution in [1.82, 2.24) is 9.55 Å². The Bertz CT molecular complexity index is 799. The summed E-state index contributed by atoms with van der Waals surface area (Å²) in [6, 6.07) is 8.60. The molecule has 0 saturated carbocycles. The van der Waals surface area contributed by atoms with Gasteiger partial charge in [-0.15, -0.1) is 11.6 Å². The van der Waals surface area contributed by atoms with E-state index in [0.717, 1.165) is 0 Å². The zero-order valence-electron chi connectivity index (χ0n) is 10.1. The monoisotopic (exact) mass is 312 g/mol. The maximum Gasteiger partial charge on any atom is 0.151 e. The molecule has 6 heteroatoms. The minimum absolute atomic E-state index is 0.0851. The molecule has 1 heterocycles. The quantitative estimate of drug-likeness (QED) is 0.627. The van der Waals surface area contributed by atoms with Crippen LogP contribution in [0.4, 0.5) is 8.78 Å². The second-order valence-electron chi connectivity index (χ2n) is 4.20. The molecule has 0 bridgehead atoms. The van der Waals surface area contributed by atoms with Crippen LogP contribution in [0.5, 0.6) is 0 Å². The van der Waals surface area contributed by atoms with Crippen molar-refractivity contribution in [1.29, 1.82) is 0 Å². The van der Waals surface area contributed by atoms with Crippen LogP contribution in [0.1, 0.15) is 5.82 Å². The molecule has 0 aliphatic carbocycles. The molecule has 0 unspecified atom stereocenters. The first kappa shape index (κ1) is 13.3. The number of halogens is 4. The molecule has 3 rings (SSSR count). The van der Waals surface area contributed by atoms with Crippen LogP contribution in [0.15, 0.2) is 36.4 Å². The fourth-order valence-corrected chi connectivity index (χ4v) is 2.57. The molecule has 2 aromatic carbocycles. The van der Waals surface area contributed by atoms with Gasteiger partial charge in [-0.3, -0.25) is 4.57 Å². The predicted molar refractivity (Wildman–Crippen MR) is 75.6 cm³/mol. The van der Waals surface area contributed by atoms with Crippen molar-refractivity contribution in [3.8, 4) is 5.69 Å². The fraction of sp³-hybridized carbons (Fsp3) is 0.0714. The maximum absolute atomic E-state index is 13.8. The molecule has 0 aliphatic rings. The van der Waals surface area contributed by atoms with E-state index in [0.29, 0.717) is 17.0 Å². The van der Waals surface area contributed by atoms with E-state index in [-0.39, 0.29) is 16.4 Å². The lowest BCUT2D eigenvalue weighted by Gasteiger charge is -2.09. The SMILES string of the molecule is Fc1ccc(-n2c(CCl)nc3c(F)cccc32)c(Cl)c1. The van der Waals surface area contributed by atoms with Gasteiger partial charge in [0.05, 0.1) is 22.1 Å². The van der Waals surface area contributed by atoms with Crippen LogP contribution >= 0.6 is 23.2 Å². The number of rotatable bonds is 2. The summed E-state index contributed by atoms with van der Waals surface area (Å²) in [5, 5.41) is 0.208. The van der Waals surface area contributed by atoms with Gasteiger partial charge in [-0.05, 0) is 30.3 Å². The summed E-state index contributed by atoms with van der Waals surface area (Å²) >= 11 is 11.9. The molecular formula is C14H8Cl2F2N2. The average molecular weight is 313 g/mol. The highest BCUT2D eigenvalue weighted by Gasteiger charge is 2.16. The first-order valence-electron chi connectivity index (χ1n) is 5.79. The standard InChI is InChI=1S/C14H8Cl2F2N2/c15-7-13-19-14-10(18)2-1-3-12(14)20(13)11-5-4-8(17)6-9(11)16/h1-6H,7H2. The van der Waals surface area contributed by atoms with E-state index in [2.05, 4.69) is 4.98 Å². The fourth-order valence-electron chi connectivity index (χ4n) is 2.13. The summed E-state index contributed by atoms with van der Waals surface area (Å²) in [5.74, 6) is -0.352. The van der Waals surface area contributed by atoms with Crippen molar-refractivity contribution >= 4 is 34.2 Å². The summed E-state index contributed by atoms with van der Waals surface area (Å²) in [6.07, 6.45) is 0. The van der Waals surface area contributed by atoms with E-state index in [1.165, 1.54) is 24.3 Å². The minimum Gasteiger partial charge on any atom is -0.294 e. The van der Waals surface area contributed by atoms with E-state index >= 15 is 0 Å². The van der Waals surface area contributed by atoms with Crippen LogP contribution in [0, 0.1) is 11.6 Å². The smallest absolute Gasteiger partial charge is 0.151 e. The predicted octanol–water partition coefficient (Wildman–Crippen LogP) is 4.70. The van der Waals surface area contributed by atoms with Crippen molar-refractivity contribution in [2.45, 2.75) is 5.88 Å². The number of fused-ring (bicyclic) bond motifs is 1. The Balaban J connectivity index is 2.37. The van der Waals surface area contributed by atoms with E-state index in [1.807, 2.05) is 0 Å². The van der Waals surface area contributed by atoms with Gasteiger partial charge >= 0.3 is 0 Å². The molecule has 0 N–H and O–H groups in total. The lowest BCUT2D eigenvalue weighted by molar-refractivity contribution is 0.627. The highest BCUT2D eigenvalue weighted by Crippen LogP contribution is 2.29.